The molecule has 7 heteroatoms. The van der Waals surface area contributed by atoms with E-state index in [1.165, 1.54) is 0 Å². The predicted molar refractivity (Wildman–Crippen MR) is 93.6 cm³/mol. The summed E-state index contributed by atoms with van der Waals surface area (Å²) in [4.78, 5) is 19.2. The van der Waals surface area contributed by atoms with Crippen molar-refractivity contribution in [3.63, 3.8) is 0 Å². The van der Waals surface area contributed by atoms with Crippen molar-refractivity contribution in [1.29, 1.82) is 0 Å². The van der Waals surface area contributed by atoms with Crippen molar-refractivity contribution in [3.05, 3.63) is 59.7 Å². The van der Waals surface area contributed by atoms with Gasteiger partial charge in [-0.15, -0.1) is 0 Å². The zero-order chi connectivity index (χ0) is 17.9. The second-order valence-electron chi connectivity index (χ2n) is 6.13. The highest BCUT2D eigenvalue weighted by Gasteiger charge is 2.32. The largest absolute Gasteiger partial charge is 0.377 e. The molecule has 0 bridgehead atoms. The Morgan fingerprint density at radius 3 is 2.96 bits per heavy atom. The molecule has 0 aliphatic carbocycles. The van der Waals surface area contributed by atoms with Crippen LogP contribution < -0.4 is 0 Å². The SMILES string of the molecule is COCc1nc([C@@H]2COCCN2C(=O)c2ccc3ccccc3c2)no1. The lowest BCUT2D eigenvalue weighted by atomic mass is 10.1. The highest BCUT2D eigenvalue weighted by molar-refractivity contribution is 5.98. The average Bonchev–Trinajstić information content (AvgIpc) is 3.16. The smallest absolute Gasteiger partial charge is 0.254 e. The van der Waals surface area contributed by atoms with E-state index in [0.29, 0.717) is 37.0 Å². The monoisotopic (exact) mass is 353 g/mol. The number of amides is 1. The Labute approximate surface area is 150 Å². The number of carbonyl (C=O) groups excluding carboxylic acids is 1. The number of aromatic nitrogens is 2. The van der Waals surface area contributed by atoms with E-state index in [-0.39, 0.29) is 18.6 Å². The molecule has 1 aromatic heterocycles. The maximum atomic E-state index is 13.1. The standard InChI is InChI=1S/C19H19N3O4/c1-24-12-17-20-18(21-26-17)16-11-25-9-8-22(16)19(23)15-7-6-13-4-2-3-5-14(13)10-15/h2-7,10,16H,8-9,11-12H2,1H3/t16-/m0/s1. The van der Waals surface area contributed by atoms with Crippen LogP contribution in [0.2, 0.25) is 0 Å². The predicted octanol–water partition coefficient (Wildman–Crippen LogP) is 2.58. The van der Waals surface area contributed by atoms with Crippen LogP contribution in [0, 0.1) is 0 Å². The zero-order valence-corrected chi connectivity index (χ0v) is 14.4. The summed E-state index contributed by atoms with van der Waals surface area (Å²) in [5.74, 6) is 0.749. The molecule has 2 heterocycles. The highest BCUT2D eigenvalue weighted by Crippen LogP contribution is 2.25. The molecule has 0 saturated carbocycles. The molecule has 1 fully saturated rings. The van der Waals surface area contributed by atoms with E-state index in [2.05, 4.69) is 10.1 Å². The van der Waals surface area contributed by atoms with E-state index >= 15 is 0 Å². The van der Waals surface area contributed by atoms with Gasteiger partial charge >= 0.3 is 0 Å². The molecule has 134 valence electrons. The van der Waals surface area contributed by atoms with E-state index in [9.17, 15) is 4.79 Å². The van der Waals surface area contributed by atoms with Crippen LogP contribution in [0.5, 0.6) is 0 Å². The van der Waals surface area contributed by atoms with E-state index in [1.807, 2.05) is 42.5 Å². The molecule has 3 aromatic rings. The van der Waals surface area contributed by atoms with E-state index in [4.69, 9.17) is 14.0 Å². The summed E-state index contributed by atoms with van der Waals surface area (Å²) in [6.07, 6.45) is 0. The van der Waals surface area contributed by atoms with E-state index in [1.54, 1.807) is 12.0 Å². The fraction of sp³-hybridized carbons (Fsp3) is 0.316. The van der Waals surface area contributed by atoms with Crippen LogP contribution in [0.3, 0.4) is 0 Å². The van der Waals surface area contributed by atoms with Crippen molar-refractivity contribution in [2.45, 2.75) is 12.6 Å². The van der Waals surface area contributed by atoms with E-state index < -0.39 is 0 Å². The normalized spacial score (nSPS) is 17.6. The number of fused-ring (bicyclic) bond motifs is 1. The van der Waals surface area contributed by atoms with Crippen molar-refractivity contribution < 1.29 is 18.8 Å². The minimum absolute atomic E-state index is 0.0675. The molecule has 1 aliphatic heterocycles. The molecule has 4 rings (SSSR count). The van der Waals surface area contributed by atoms with Crippen LogP contribution in [0.25, 0.3) is 10.8 Å². The van der Waals surface area contributed by atoms with Crippen LogP contribution in [0.15, 0.2) is 47.0 Å². The molecule has 26 heavy (non-hydrogen) atoms. The maximum Gasteiger partial charge on any atom is 0.254 e. The first-order chi connectivity index (χ1) is 12.8. The lowest BCUT2D eigenvalue weighted by Gasteiger charge is -2.33. The average molecular weight is 353 g/mol. The van der Waals surface area contributed by atoms with Gasteiger partial charge in [0.25, 0.3) is 11.8 Å². The minimum Gasteiger partial charge on any atom is -0.377 e. The second-order valence-corrected chi connectivity index (χ2v) is 6.13. The molecular formula is C19H19N3O4. The number of nitrogens with zero attached hydrogens (tertiary/aromatic N) is 3. The van der Waals surface area contributed by atoms with Crippen molar-refractivity contribution in [3.8, 4) is 0 Å². The Morgan fingerprint density at radius 2 is 2.12 bits per heavy atom. The maximum absolute atomic E-state index is 13.1. The summed E-state index contributed by atoms with van der Waals surface area (Å²) in [5.41, 5.74) is 0.635. The van der Waals surface area contributed by atoms with Gasteiger partial charge in [-0.1, -0.05) is 35.5 Å². The Balaban J connectivity index is 1.62. The van der Waals surface area contributed by atoms with Crippen molar-refractivity contribution in [2.24, 2.45) is 0 Å². The van der Waals surface area contributed by atoms with Crippen LogP contribution >= 0.6 is 0 Å². The van der Waals surface area contributed by atoms with Gasteiger partial charge < -0.3 is 18.9 Å². The molecule has 0 radical (unpaired) electrons. The first-order valence-electron chi connectivity index (χ1n) is 8.45. The first-order valence-corrected chi connectivity index (χ1v) is 8.45. The summed E-state index contributed by atoms with van der Waals surface area (Å²) < 4.78 is 15.7. The number of benzene rings is 2. The Hall–Kier alpha value is -2.77. The zero-order valence-electron chi connectivity index (χ0n) is 14.4. The van der Waals surface area contributed by atoms with E-state index in [0.717, 1.165) is 10.8 Å². The summed E-state index contributed by atoms with van der Waals surface area (Å²) >= 11 is 0. The van der Waals surface area contributed by atoms with Gasteiger partial charge in [-0.2, -0.15) is 4.98 Å². The topological polar surface area (TPSA) is 77.7 Å². The third-order valence-electron chi connectivity index (χ3n) is 4.44. The van der Waals surface area contributed by atoms with Crippen LogP contribution in [0.1, 0.15) is 28.1 Å². The van der Waals surface area contributed by atoms with Crippen LogP contribution in [-0.4, -0.2) is 47.8 Å². The molecule has 2 aromatic carbocycles. The van der Waals surface area contributed by atoms with Crippen molar-refractivity contribution >= 4 is 16.7 Å². The molecule has 1 amide bonds. The third kappa shape index (κ3) is 3.18. The van der Waals surface area contributed by atoms with Crippen LogP contribution in [0.4, 0.5) is 0 Å². The summed E-state index contributed by atoms with van der Waals surface area (Å²) in [5, 5.41) is 6.13. The van der Waals surface area contributed by atoms with Crippen LogP contribution in [-0.2, 0) is 16.1 Å². The van der Waals surface area contributed by atoms with Gasteiger partial charge in [-0.25, -0.2) is 0 Å². The number of methoxy groups -OCH3 is 1. The lowest BCUT2D eigenvalue weighted by Crippen LogP contribution is -2.43. The van der Waals surface area contributed by atoms with Crippen molar-refractivity contribution in [1.82, 2.24) is 15.0 Å². The minimum atomic E-state index is -0.378. The number of hydrogen-bond acceptors (Lipinski definition) is 6. The Morgan fingerprint density at radius 1 is 1.27 bits per heavy atom. The number of morpholine rings is 1. The number of rotatable bonds is 4. The molecular weight excluding hydrogens is 334 g/mol. The quantitative estimate of drug-likeness (QED) is 0.717. The summed E-state index contributed by atoms with van der Waals surface area (Å²) in [6.45, 7) is 1.54. The summed E-state index contributed by atoms with van der Waals surface area (Å²) in [7, 11) is 1.56. The molecule has 0 spiro atoms. The third-order valence-corrected chi connectivity index (χ3v) is 4.44. The molecule has 1 atom stereocenters. The molecule has 0 N–H and O–H groups in total. The molecule has 1 aliphatic rings. The van der Waals surface area contributed by atoms with Gasteiger partial charge in [0.1, 0.15) is 12.6 Å². The van der Waals surface area contributed by atoms with Gasteiger partial charge in [0.2, 0.25) is 0 Å². The fourth-order valence-electron chi connectivity index (χ4n) is 3.13. The Bertz CT molecular complexity index is 924. The first kappa shape index (κ1) is 16.7. The number of carbonyl (C=O) groups is 1. The molecule has 0 unspecified atom stereocenters. The summed E-state index contributed by atoms with van der Waals surface area (Å²) in [6, 6.07) is 13.3. The van der Waals surface area contributed by atoms with Gasteiger partial charge in [-0.05, 0) is 22.9 Å². The molecule has 1 saturated heterocycles. The highest BCUT2D eigenvalue weighted by atomic mass is 16.5. The van der Waals surface area contributed by atoms with Gasteiger partial charge in [0.05, 0.1) is 13.2 Å². The second kappa shape index (κ2) is 7.23. The number of ether oxygens (including phenoxy) is 2. The fourth-order valence-corrected chi connectivity index (χ4v) is 3.13. The van der Waals surface area contributed by atoms with Gasteiger partial charge in [0, 0.05) is 19.2 Å². The Kier molecular flexibility index (Phi) is 4.64. The lowest BCUT2D eigenvalue weighted by molar-refractivity contribution is -0.00576. The van der Waals surface area contributed by atoms with Gasteiger partial charge in [-0.3, -0.25) is 4.79 Å². The van der Waals surface area contributed by atoms with Crippen molar-refractivity contribution in [2.75, 3.05) is 26.9 Å². The number of hydrogen-bond donors (Lipinski definition) is 0. The van der Waals surface area contributed by atoms with Gasteiger partial charge in [0.15, 0.2) is 5.82 Å². The molecule has 7 nitrogen and oxygen atoms in total.